The summed E-state index contributed by atoms with van der Waals surface area (Å²) in [6.45, 7) is 6.61. The summed E-state index contributed by atoms with van der Waals surface area (Å²) in [4.78, 5) is 24.6. The number of nitrogens with zero attached hydrogens (tertiary/aromatic N) is 3. The van der Waals surface area contributed by atoms with Crippen molar-refractivity contribution in [2.45, 2.75) is 45.7 Å². The van der Waals surface area contributed by atoms with E-state index in [4.69, 9.17) is 0 Å². The molecule has 1 N–H and O–H groups in total. The fourth-order valence-corrected chi connectivity index (χ4v) is 4.78. The second-order valence-electron chi connectivity index (χ2n) is 9.16. The van der Waals surface area contributed by atoms with Gasteiger partial charge < -0.3 is 5.32 Å². The largest absolute Gasteiger partial charge is 0.353 e. The van der Waals surface area contributed by atoms with Crippen LogP contribution in [-0.4, -0.2) is 39.9 Å². The third-order valence-corrected chi connectivity index (χ3v) is 6.21. The highest BCUT2D eigenvalue weighted by Gasteiger charge is 2.42. The van der Waals surface area contributed by atoms with Crippen molar-refractivity contribution in [3.05, 3.63) is 84.4 Å². The van der Waals surface area contributed by atoms with Crippen LogP contribution >= 0.6 is 0 Å². The Labute approximate surface area is 190 Å². The molecule has 0 spiro atoms. The monoisotopic (exact) mass is 428 g/mol. The first-order valence-corrected chi connectivity index (χ1v) is 11.5. The summed E-state index contributed by atoms with van der Waals surface area (Å²) in [6.07, 6.45) is 10.0. The van der Waals surface area contributed by atoms with Crippen molar-refractivity contribution in [1.29, 1.82) is 0 Å². The van der Waals surface area contributed by atoms with Crippen LogP contribution in [0, 0.1) is 5.41 Å². The first-order valence-electron chi connectivity index (χ1n) is 11.5. The number of aromatic nitrogens is 2. The highest BCUT2D eigenvalue weighted by molar-refractivity contribution is 5.84. The molecular formula is C27H32N4O. The van der Waals surface area contributed by atoms with Gasteiger partial charge in [0, 0.05) is 49.5 Å². The maximum atomic E-state index is 13.6. The summed E-state index contributed by atoms with van der Waals surface area (Å²) < 4.78 is 0. The van der Waals surface area contributed by atoms with E-state index >= 15 is 0 Å². The molecule has 3 heterocycles. The number of hydrogen-bond acceptors (Lipinski definition) is 4. The number of piperidine rings is 1. The molecule has 0 saturated carbocycles. The zero-order valence-corrected chi connectivity index (χ0v) is 19.0. The van der Waals surface area contributed by atoms with E-state index in [-0.39, 0.29) is 11.9 Å². The lowest BCUT2D eigenvalue weighted by molar-refractivity contribution is -0.135. The van der Waals surface area contributed by atoms with Gasteiger partial charge in [0.25, 0.3) is 0 Å². The van der Waals surface area contributed by atoms with Crippen LogP contribution in [0.4, 0.5) is 0 Å². The fraction of sp³-hybridized carbons (Fsp3) is 0.370. The fourth-order valence-electron chi connectivity index (χ4n) is 4.78. The van der Waals surface area contributed by atoms with Gasteiger partial charge in [-0.3, -0.25) is 19.7 Å². The van der Waals surface area contributed by atoms with Crippen molar-refractivity contribution in [2.24, 2.45) is 5.41 Å². The van der Waals surface area contributed by atoms with Gasteiger partial charge in [-0.1, -0.05) is 36.4 Å². The van der Waals surface area contributed by atoms with Gasteiger partial charge in [0.1, 0.15) is 0 Å². The highest BCUT2D eigenvalue weighted by Crippen LogP contribution is 2.37. The van der Waals surface area contributed by atoms with E-state index in [2.05, 4.69) is 56.6 Å². The number of hydrogen-bond donors (Lipinski definition) is 1. The molecule has 1 atom stereocenters. The second-order valence-corrected chi connectivity index (χ2v) is 9.16. The lowest BCUT2D eigenvalue weighted by Gasteiger charge is -2.42. The second kappa shape index (κ2) is 10.0. The Bertz CT molecular complexity index is 1020. The van der Waals surface area contributed by atoms with Crippen molar-refractivity contribution in [2.75, 3.05) is 13.1 Å². The maximum Gasteiger partial charge on any atom is 0.228 e. The van der Waals surface area contributed by atoms with Crippen LogP contribution in [-0.2, 0) is 17.8 Å². The normalized spacial score (nSPS) is 19.1. The van der Waals surface area contributed by atoms with Gasteiger partial charge >= 0.3 is 0 Å². The van der Waals surface area contributed by atoms with Crippen molar-refractivity contribution < 1.29 is 4.79 Å². The van der Waals surface area contributed by atoms with Crippen LogP contribution < -0.4 is 5.32 Å². The molecule has 4 rings (SSSR count). The number of likely N-dealkylation sites (tertiary alicyclic amines) is 1. The quantitative estimate of drug-likeness (QED) is 0.602. The SMILES string of the molecule is CC(C)NC(=O)[C@]1(Cc2ccccc2-c2cccnc2)CCCN(Cc2cccnc2)C1. The topological polar surface area (TPSA) is 58.1 Å². The lowest BCUT2D eigenvalue weighted by atomic mass is 9.73. The third-order valence-electron chi connectivity index (χ3n) is 6.21. The van der Waals surface area contributed by atoms with Gasteiger partial charge in [-0.05, 0) is 68.5 Å². The number of pyridine rings is 2. The van der Waals surface area contributed by atoms with Crippen molar-refractivity contribution in [1.82, 2.24) is 20.2 Å². The van der Waals surface area contributed by atoms with Crippen molar-refractivity contribution in [3.8, 4) is 11.1 Å². The van der Waals surface area contributed by atoms with E-state index in [0.717, 1.165) is 43.6 Å². The molecule has 5 heteroatoms. The van der Waals surface area contributed by atoms with Gasteiger partial charge in [-0.2, -0.15) is 0 Å². The molecule has 5 nitrogen and oxygen atoms in total. The Balaban J connectivity index is 1.65. The van der Waals surface area contributed by atoms with E-state index in [1.165, 1.54) is 11.1 Å². The van der Waals surface area contributed by atoms with Crippen LogP contribution in [0.1, 0.15) is 37.8 Å². The van der Waals surface area contributed by atoms with Gasteiger partial charge in [0.15, 0.2) is 0 Å². The predicted molar refractivity (Wildman–Crippen MR) is 128 cm³/mol. The minimum Gasteiger partial charge on any atom is -0.353 e. The molecule has 0 bridgehead atoms. The predicted octanol–water partition coefficient (Wildman–Crippen LogP) is 4.49. The number of amides is 1. The first kappa shape index (κ1) is 22.2. The average molecular weight is 429 g/mol. The molecule has 0 aliphatic carbocycles. The zero-order chi connectivity index (χ0) is 22.4. The minimum absolute atomic E-state index is 0.113. The average Bonchev–Trinajstić information content (AvgIpc) is 2.80. The molecule has 0 radical (unpaired) electrons. The molecule has 0 unspecified atom stereocenters. The Morgan fingerprint density at radius 2 is 1.84 bits per heavy atom. The van der Waals surface area contributed by atoms with Crippen LogP contribution in [0.3, 0.4) is 0 Å². The number of carbonyl (C=O) groups excluding carboxylic acids is 1. The number of carbonyl (C=O) groups is 1. The Kier molecular flexibility index (Phi) is 6.96. The molecule has 2 aromatic heterocycles. The summed E-state index contributed by atoms with van der Waals surface area (Å²) in [7, 11) is 0. The van der Waals surface area contributed by atoms with Gasteiger partial charge in [0.05, 0.1) is 5.41 Å². The van der Waals surface area contributed by atoms with E-state index in [1.807, 2.05) is 38.4 Å². The standard InChI is InChI=1S/C27H32N4O/c1-21(2)30-26(32)27(12-7-15-31(20-27)19-22-8-5-13-28-17-22)16-23-9-3-4-11-25(23)24-10-6-14-29-18-24/h3-6,8-11,13-14,17-18,21H,7,12,15-16,19-20H2,1-2H3,(H,30,32)/t27-/m0/s1. The van der Waals surface area contributed by atoms with Gasteiger partial charge in [-0.25, -0.2) is 0 Å². The first-order chi connectivity index (χ1) is 15.6. The Morgan fingerprint density at radius 3 is 2.56 bits per heavy atom. The molecule has 1 aliphatic heterocycles. The van der Waals surface area contributed by atoms with Crippen LogP contribution in [0.5, 0.6) is 0 Å². The van der Waals surface area contributed by atoms with Crippen LogP contribution in [0.15, 0.2) is 73.3 Å². The molecule has 32 heavy (non-hydrogen) atoms. The molecule has 1 aliphatic rings. The molecule has 1 saturated heterocycles. The molecule has 3 aromatic rings. The third kappa shape index (κ3) is 5.22. The summed E-state index contributed by atoms with van der Waals surface area (Å²) in [5.74, 6) is 0.157. The van der Waals surface area contributed by atoms with Gasteiger partial charge in [-0.15, -0.1) is 0 Å². The zero-order valence-electron chi connectivity index (χ0n) is 19.0. The number of nitrogens with one attached hydrogen (secondary N) is 1. The van der Waals surface area contributed by atoms with E-state index in [1.54, 1.807) is 12.4 Å². The molecule has 1 amide bonds. The molecule has 1 fully saturated rings. The summed E-state index contributed by atoms with van der Waals surface area (Å²) in [5, 5.41) is 3.23. The highest BCUT2D eigenvalue weighted by atomic mass is 16.2. The van der Waals surface area contributed by atoms with Crippen molar-refractivity contribution in [3.63, 3.8) is 0 Å². The molecule has 1 aromatic carbocycles. The van der Waals surface area contributed by atoms with Crippen LogP contribution in [0.2, 0.25) is 0 Å². The van der Waals surface area contributed by atoms with E-state index < -0.39 is 5.41 Å². The molecule has 166 valence electrons. The maximum absolute atomic E-state index is 13.6. The van der Waals surface area contributed by atoms with Crippen LogP contribution in [0.25, 0.3) is 11.1 Å². The van der Waals surface area contributed by atoms with E-state index in [9.17, 15) is 4.79 Å². The lowest BCUT2D eigenvalue weighted by Crippen LogP contribution is -2.54. The molecular weight excluding hydrogens is 396 g/mol. The minimum atomic E-state index is -0.469. The number of benzene rings is 1. The summed E-state index contributed by atoms with van der Waals surface area (Å²) in [5.41, 5.74) is 4.15. The summed E-state index contributed by atoms with van der Waals surface area (Å²) >= 11 is 0. The Morgan fingerprint density at radius 1 is 1.06 bits per heavy atom. The van der Waals surface area contributed by atoms with E-state index in [0.29, 0.717) is 6.42 Å². The Hall–Kier alpha value is -3.05. The smallest absolute Gasteiger partial charge is 0.228 e. The van der Waals surface area contributed by atoms with Gasteiger partial charge in [0.2, 0.25) is 5.91 Å². The number of rotatable bonds is 7. The summed E-state index contributed by atoms with van der Waals surface area (Å²) in [6, 6.07) is 16.7. The van der Waals surface area contributed by atoms with Crippen molar-refractivity contribution >= 4 is 5.91 Å².